The van der Waals surface area contributed by atoms with Crippen LogP contribution in [0.2, 0.25) is 5.02 Å². The summed E-state index contributed by atoms with van der Waals surface area (Å²) in [4.78, 5) is 10.9. The van der Waals surface area contributed by atoms with Crippen LogP contribution in [-0.2, 0) is 6.54 Å². The monoisotopic (exact) mass is 309 g/mol. The molecule has 1 aromatic heterocycles. The van der Waals surface area contributed by atoms with Crippen LogP contribution >= 0.6 is 11.6 Å². The molecule has 0 aliphatic rings. The highest BCUT2D eigenvalue weighted by atomic mass is 35.5. The van der Waals surface area contributed by atoms with Gasteiger partial charge in [-0.05, 0) is 23.3 Å². The van der Waals surface area contributed by atoms with E-state index in [2.05, 4.69) is 22.1 Å². The molecule has 3 aromatic rings. The van der Waals surface area contributed by atoms with Gasteiger partial charge in [0.1, 0.15) is 0 Å². The molecule has 0 unspecified atom stereocenters. The predicted octanol–water partition coefficient (Wildman–Crippen LogP) is 4.43. The van der Waals surface area contributed by atoms with Gasteiger partial charge in [-0.3, -0.25) is 0 Å². The van der Waals surface area contributed by atoms with Crippen molar-refractivity contribution in [2.24, 2.45) is 0 Å². The van der Waals surface area contributed by atoms with E-state index in [-0.39, 0.29) is 0 Å². The molecule has 0 radical (unpaired) electrons. The number of hydrogen-bond acceptors (Lipinski definition) is 3. The van der Waals surface area contributed by atoms with Crippen LogP contribution in [0.3, 0.4) is 0 Å². The number of aromatic nitrogens is 2. The second-order valence-corrected chi connectivity index (χ2v) is 5.56. The average molecular weight is 310 g/mol. The highest BCUT2D eigenvalue weighted by Gasteiger charge is 2.06. The minimum atomic E-state index is 0.710. The van der Waals surface area contributed by atoms with Crippen LogP contribution in [0.4, 0.5) is 5.95 Å². The summed E-state index contributed by atoms with van der Waals surface area (Å²) in [5.41, 5.74) is 3.27. The minimum absolute atomic E-state index is 0.710. The molecule has 0 amide bonds. The van der Waals surface area contributed by atoms with Crippen LogP contribution < -0.4 is 4.90 Å². The van der Waals surface area contributed by atoms with Crippen LogP contribution in [0, 0.1) is 0 Å². The van der Waals surface area contributed by atoms with E-state index < -0.39 is 0 Å². The lowest BCUT2D eigenvalue weighted by atomic mass is 10.1. The second-order valence-electron chi connectivity index (χ2n) is 5.12. The fourth-order valence-electron chi connectivity index (χ4n) is 2.24. The van der Waals surface area contributed by atoms with Gasteiger partial charge in [-0.1, -0.05) is 54.1 Å². The zero-order valence-corrected chi connectivity index (χ0v) is 13.0. The lowest BCUT2D eigenvalue weighted by Gasteiger charge is -2.17. The number of benzene rings is 2. The standard InChI is InChI=1S/C18H16ClN3/c1-22(13-14-5-3-2-4-6-14)18-20-11-16(12-21-18)15-7-9-17(19)10-8-15/h2-12H,13H2,1H3. The van der Waals surface area contributed by atoms with Gasteiger partial charge in [0.25, 0.3) is 0 Å². The van der Waals surface area contributed by atoms with Crippen LogP contribution in [0.15, 0.2) is 67.0 Å². The van der Waals surface area contributed by atoms with Gasteiger partial charge in [0, 0.05) is 36.6 Å². The Labute approximate surface area is 135 Å². The zero-order valence-electron chi connectivity index (χ0n) is 12.3. The molecule has 0 saturated heterocycles. The summed E-state index contributed by atoms with van der Waals surface area (Å²) in [7, 11) is 1.99. The van der Waals surface area contributed by atoms with Crippen molar-refractivity contribution in [1.82, 2.24) is 9.97 Å². The van der Waals surface area contributed by atoms with Gasteiger partial charge in [-0.25, -0.2) is 9.97 Å². The third-order valence-electron chi connectivity index (χ3n) is 3.42. The Morgan fingerprint density at radius 3 is 2.14 bits per heavy atom. The summed E-state index contributed by atoms with van der Waals surface area (Å²) in [5.74, 6) is 0.710. The quantitative estimate of drug-likeness (QED) is 0.713. The Balaban J connectivity index is 1.75. The number of halogens is 1. The van der Waals surface area contributed by atoms with Gasteiger partial charge in [0.15, 0.2) is 0 Å². The first kappa shape index (κ1) is 14.5. The van der Waals surface area contributed by atoms with Gasteiger partial charge < -0.3 is 4.90 Å². The van der Waals surface area contributed by atoms with Crippen molar-refractivity contribution in [3.8, 4) is 11.1 Å². The third-order valence-corrected chi connectivity index (χ3v) is 3.67. The summed E-state index contributed by atoms with van der Waals surface area (Å²) < 4.78 is 0. The molecule has 2 aromatic carbocycles. The molecule has 0 aliphatic carbocycles. The number of nitrogens with zero attached hydrogens (tertiary/aromatic N) is 3. The van der Waals surface area contributed by atoms with E-state index in [0.717, 1.165) is 22.7 Å². The molecule has 0 spiro atoms. The van der Waals surface area contributed by atoms with Crippen molar-refractivity contribution in [3.05, 3.63) is 77.6 Å². The van der Waals surface area contributed by atoms with E-state index in [4.69, 9.17) is 11.6 Å². The molecule has 22 heavy (non-hydrogen) atoms. The molecule has 0 saturated carbocycles. The van der Waals surface area contributed by atoms with Gasteiger partial charge in [-0.2, -0.15) is 0 Å². The second kappa shape index (κ2) is 6.58. The molecular formula is C18H16ClN3. The lowest BCUT2D eigenvalue weighted by molar-refractivity contribution is 0.867. The number of anilines is 1. The molecule has 0 aliphatic heterocycles. The van der Waals surface area contributed by atoms with Gasteiger partial charge >= 0.3 is 0 Å². The van der Waals surface area contributed by atoms with Crippen molar-refractivity contribution in [3.63, 3.8) is 0 Å². The highest BCUT2D eigenvalue weighted by molar-refractivity contribution is 6.30. The molecule has 0 atom stereocenters. The molecule has 0 N–H and O–H groups in total. The Bertz CT molecular complexity index is 725. The number of hydrogen-bond donors (Lipinski definition) is 0. The van der Waals surface area contributed by atoms with E-state index in [1.54, 1.807) is 0 Å². The van der Waals surface area contributed by atoms with E-state index >= 15 is 0 Å². The van der Waals surface area contributed by atoms with Gasteiger partial charge in [-0.15, -0.1) is 0 Å². The lowest BCUT2D eigenvalue weighted by Crippen LogP contribution is -2.18. The first-order valence-corrected chi connectivity index (χ1v) is 7.43. The first-order chi connectivity index (χ1) is 10.7. The van der Waals surface area contributed by atoms with Crippen molar-refractivity contribution in [1.29, 1.82) is 0 Å². The molecular weight excluding hydrogens is 294 g/mol. The Hall–Kier alpha value is -2.39. The van der Waals surface area contributed by atoms with Gasteiger partial charge in [0.05, 0.1) is 0 Å². The minimum Gasteiger partial charge on any atom is -0.340 e. The summed E-state index contributed by atoms with van der Waals surface area (Å²) >= 11 is 5.91. The van der Waals surface area contributed by atoms with E-state index in [0.29, 0.717) is 5.95 Å². The van der Waals surface area contributed by atoms with Crippen molar-refractivity contribution < 1.29 is 0 Å². The molecule has 0 bridgehead atoms. The smallest absolute Gasteiger partial charge is 0.225 e. The van der Waals surface area contributed by atoms with Crippen LogP contribution in [0.1, 0.15) is 5.56 Å². The molecule has 3 rings (SSSR count). The van der Waals surface area contributed by atoms with Gasteiger partial charge in [0.2, 0.25) is 5.95 Å². The molecule has 4 heteroatoms. The van der Waals surface area contributed by atoms with Crippen LogP contribution in [-0.4, -0.2) is 17.0 Å². The van der Waals surface area contributed by atoms with E-state index in [1.165, 1.54) is 5.56 Å². The molecule has 0 fully saturated rings. The molecule has 3 nitrogen and oxygen atoms in total. The summed E-state index contributed by atoms with van der Waals surface area (Å²) in [6.45, 7) is 0.779. The van der Waals surface area contributed by atoms with Crippen molar-refractivity contribution >= 4 is 17.5 Å². The van der Waals surface area contributed by atoms with Crippen LogP contribution in [0.25, 0.3) is 11.1 Å². The maximum Gasteiger partial charge on any atom is 0.225 e. The summed E-state index contributed by atoms with van der Waals surface area (Å²) in [6, 6.07) is 17.9. The topological polar surface area (TPSA) is 29.0 Å². The average Bonchev–Trinajstić information content (AvgIpc) is 2.57. The largest absolute Gasteiger partial charge is 0.340 e. The Morgan fingerprint density at radius 1 is 0.864 bits per heavy atom. The third kappa shape index (κ3) is 3.43. The normalized spacial score (nSPS) is 10.5. The Kier molecular flexibility index (Phi) is 4.35. The summed E-state index contributed by atoms with van der Waals surface area (Å²) in [5, 5.41) is 0.726. The number of rotatable bonds is 4. The molecule has 110 valence electrons. The van der Waals surface area contributed by atoms with E-state index in [9.17, 15) is 0 Å². The highest BCUT2D eigenvalue weighted by Crippen LogP contribution is 2.21. The maximum absolute atomic E-state index is 5.91. The van der Waals surface area contributed by atoms with Crippen molar-refractivity contribution in [2.45, 2.75) is 6.54 Å². The fraction of sp³-hybridized carbons (Fsp3) is 0.111. The first-order valence-electron chi connectivity index (χ1n) is 7.05. The zero-order chi connectivity index (χ0) is 15.4. The predicted molar refractivity (Wildman–Crippen MR) is 91.0 cm³/mol. The maximum atomic E-state index is 5.91. The van der Waals surface area contributed by atoms with Crippen molar-refractivity contribution in [2.75, 3.05) is 11.9 Å². The SMILES string of the molecule is CN(Cc1ccccc1)c1ncc(-c2ccc(Cl)cc2)cn1. The summed E-state index contributed by atoms with van der Waals surface area (Å²) in [6.07, 6.45) is 3.68. The fourth-order valence-corrected chi connectivity index (χ4v) is 2.36. The van der Waals surface area contributed by atoms with E-state index in [1.807, 2.05) is 66.8 Å². The Morgan fingerprint density at radius 2 is 1.50 bits per heavy atom. The van der Waals surface area contributed by atoms with Crippen LogP contribution in [0.5, 0.6) is 0 Å². The molecule has 1 heterocycles.